The Bertz CT molecular complexity index is 755. The van der Waals surface area contributed by atoms with Gasteiger partial charge >= 0.3 is 0 Å². The van der Waals surface area contributed by atoms with Crippen LogP contribution in [0.2, 0.25) is 0 Å². The Balaban J connectivity index is 1.72. The maximum Gasteiger partial charge on any atom is 0.251 e. The first-order valence-corrected chi connectivity index (χ1v) is 7.89. The van der Waals surface area contributed by atoms with Crippen molar-refractivity contribution in [3.63, 3.8) is 0 Å². The molecule has 24 heavy (non-hydrogen) atoms. The Hall–Kier alpha value is -2.82. The summed E-state index contributed by atoms with van der Waals surface area (Å²) in [5.41, 5.74) is 2.57. The van der Waals surface area contributed by atoms with Crippen LogP contribution in [0.3, 0.4) is 0 Å². The summed E-state index contributed by atoms with van der Waals surface area (Å²) >= 11 is 0. The molecular formula is C19H20N2O3. The largest absolute Gasteiger partial charge is 0.497 e. The fourth-order valence-electron chi connectivity index (χ4n) is 2.81. The van der Waals surface area contributed by atoms with Crippen molar-refractivity contribution >= 4 is 11.8 Å². The van der Waals surface area contributed by atoms with Gasteiger partial charge in [0.1, 0.15) is 11.8 Å². The smallest absolute Gasteiger partial charge is 0.251 e. The molecule has 5 nitrogen and oxygen atoms in total. The number of ether oxygens (including phenoxy) is 1. The van der Waals surface area contributed by atoms with Crippen LogP contribution >= 0.6 is 0 Å². The van der Waals surface area contributed by atoms with Crippen LogP contribution < -0.4 is 10.1 Å². The van der Waals surface area contributed by atoms with Crippen molar-refractivity contribution in [1.29, 1.82) is 0 Å². The zero-order chi connectivity index (χ0) is 17.1. The average molecular weight is 324 g/mol. The maximum atomic E-state index is 12.3. The molecule has 3 rings (SSSR count). The van der Waals surface area contributed by atoms with Crippen molar-refractivity contribution in [1.82, 2.24) is 10.2 Å². The molecule has 2 aromatic carbocycles. The van der Waals surface area contributed by atoms with Gasteiger partial charge in [-0.3, -0.25) is 9.59 Å². The standard InChI is InChI=1S/C19H20N2O3/c1-21-11-10-17(19(21)23)20-18(22)14-8-6-13(7-9-14)15-4-3-5-16(12-15)24-2/h3-9,12,17H,10-11H2,1-2H3,(H,20,22). The summed E-state index contributed by atoms with van der Waals surface area (Å²) in [6.45, 7) is 0.679. The van der Waals surface area contributed by atoms with Crippen molar-refractivity contribution in [3.8, 4) is 16.9 Å². The van der Waals surface area contributed by atoms with E-state index in [1.165, 1.54) is 0 Å². The molecule has 2 amide bonds. The van der Waals surface area contributed by atoms with E-state index in [-0.39, 0.29) is 11.8 Å². The van der Waals surface area contributed by atoms with Crippen LogP contribution in [0.4, 0.5) is 0 Å². The highest BCUT2D eigenvalue weighted by molar-refractivity contribution is 5.98. The van der Waals surface area contributed by atoms with Gasteiger partial charge in [0.2, 0.25) is 5.91 Å². The van der Waals surface area contributed by atoms with Crippen LogP contribution in [-0.2, 0) is 4.79 Å². The van der Waals surface area contributed by atoms with Crippen molar-refractivity contribution < 1.29 is 14.3 Å². The molecule has 1 atom stereocenters. The predicted molar refractivity (Wildman–Crippen MR) is 91.9 cm³/mol. The Morgan fingerprint density at radius 3 is 2.54 bits per heavy atom. The van der Waals surface area contributed by atoms with E-state index in [1.807, 2.05) is 36.4 Å². The van der Waals surface area contributed by atoms with Crippen LogP contribution in [0.1, 0.15) is 16.8 Å². The van der Waals surface area contributed by atoms with Crippen LogP contribution in [0.5, 0.6) is 5.75 Å². The summed E-state index contributed by atoms with van der Waals surface area (Å²) in [6.07, 6.45) is 0.656. The van der Waals surface area contributed by atoms with Gasteiger partial charge in [0.25, 0.3) is 5.91 Å². The second-order valence-electron chi connectivity index (χ2n) is 5.88. The first-order valence-electron chi connectivity index (χ1n) is 7.89. The number of nitrogens with one attached hydrogen (secondary N) is 1. The molecule has 0 aromatic heterocycles. The number of hydrogen-bond acceptors (Lipinski definition) is 3. The van der Waals surface area contributed by atoms with E-state index in [4.69, 9.17) is 4.74 Å². The van der Waals surface area contributed by atoms with Gasteiger partial charge in [0, 0.05) is 19.2 Å². The predicted octanol–water partition coefficient (Wildman–Crippen LogP) is 2.32. The van der Waals surface area contributed by atoms with Crippen LogP contribution in [-0.4, -0.2) is 43.5 Å². The lowest BCUT2D eigenvalue weighted by Crippen LogP contribution is -2.40. The SMILES string of the molecule is COc1cccc(-c2ccc(C(=O)NC3CCN(C)C3=O)cc2)c1. The average Bonchev–Trinajstić information content (AvgIpc) is 2.94. The molecule has 1 aliphatic heterocycles. The van der Waals surface area contributed by atoms with Gasteiger partial charge in [-0.1, -0.05) is 24.3 Å². The minimum Gasteiger partial charge on any atom is -0.497 e. The number of benzene rings is 2. The van der Waals surface area contributed by atoms with E-state index in [9.17, 15) is 9.59 Å². The normalized spacial score (nSPS) is 17.0. The molecule has 0 spiro atoms. The zero-order valence-electron chi connectivity index (χ0n) is 13.8. The summed E-state index contributed by atoms with van der Waals surface area (Å²) in [5.74, 6) is 0.537. The number of nitrogens with zero attached hydrogens (tertiary/aromatic N) is 1. The van der Waals surface area contributed by atoms with Crippen molar-refractivity contribution in [2.24, 2.45) is 0 Å². The lowest BCUT2D eigenvalue weighted by atomic mass is 10.0. The Morgan fingerprint density at radius 2 is 1.92 bits per heavy atom. The molecule has 5 heteroatoms. The molecule has 1 unspecified atom stereocenters. The van der Waals surface area contributed by atoms with Crippen molar-refractivity contribution in [2.45, 2.75) is 12.5 Å². The van der Waals surface area contributed by atoms with Crippen LogP contribution in [0, 0.1) is 0 Å². The second kappa shape index (κ2) is 6.74. The molecule has 0 aliphatic carbocycles. The summed E-state index contributed by atoms with van der Waals surface area (Å²) in [5, 5.41) is 2.80. The van der Waals surface area contributed by atoms with E-state index in [0.717, 1.165) is 16.9 Å². The molecule has 2 aromatic rings. The van der Waals surface area contributed by atoms with Gasteiger partial charge in [-0.15, -0.1) is 0 Å². The second-order valence-corrected chi connectivity index (χ2v) is 5.88. The number of amides is 2. The lowest BCUT2D eigenvalue weighted by Gasteiger charge is -2.12. The highest BCUT2D eigenvalue weighted by Crippen LogP contribution is 2.24. The fourth-order valence-corrected chi connectivity index (χ4v) is 2.81. The molecule has 1 fully saturated rings. The molecule has 0 radical (unpaired) electrons. The minimum atomic E-state index is -0.416. The van der Waals surface area contributed by atoms with Crippen molar-refractivity contribution in [2.75, 3.05) is 20.7 Å². The molecule has 1 heterocycles. The Morgan fingerprint density at radius 1 is 1.17 bits per heavy atom. The number of hydrogen-bond donors (Lipinski definition) is 1. The molecule has 0 saturated carbocycles. The number of carbonyl (C=O) groups is 2. The highest BCUT2D eigenvalue weighted by Gasteiger charge is 2.30. The summed E-state index contributed by atoms with van der Waals surface area (Å²) in [4.78, 5) is 25.8. The summed E-state index contributed by atoms with van der Waals surface area (Å²) < 4.78 is 5.23. The van der Waals surface area contributed by atoms with E-state index >= 15 is 0 Å². The molecule has 124 valence electrons. The number of likely N-dealkylation sites (N-methyl/N-ethyl adjacent to an activating group) is 1. The van der Waals surface area contributed by atoms with Gasteiger partial charge in [-0.2, -0.15) is 0 Å². The fraction of sp³-hybridized carbons (Fsp3) is 0.263. The lowest BCUT2D eigenvalue weighted by molar-refractivity contribution is -0.128. The topological polar surface area (TPSA) is 58.6 Å². The minimum absolute atomic E-state index is 0.0312. The van der Waals surface area contributed by atoms with Crippen molar-refractivity contribution in [3.05, 3.63) is 54.1 Å². The maximum absolute atomic E-state index is 12.3. The first kappa shape index (κ1) is 16.1. The van der Waals surface area contributed by atoms with Crippen LogP contribution in [0.25, 0.3) is 11.1 Å². The van der Waals surface area contributed by atoms with Gasteiger partial charge in [0.05, 0.1) is 7.11 Å². The molecule has 0 bridgehead atoms. The van der Waals surface area contributed by atoms with Crippen LogP contribution in [0.15, 0.2) is 48.5 Å². The van der Waals surface area contributed by atoms with Gasteiger partial charge in [-0.05, 0) is 41.8 Å². The molecule has 1 saturated heterocycles. The van der Waals surface area contributed by atoms with E-state index in [2.05, 4.69) is 5.32 Å². The monoisotopic (exact) mass is 324 g/mol. The van der Waals surface area contributed by atoms with Gasteiger partial charge < -0.3 is 15.0 Å². The molecular weight excluding hydrogens is 304 g/mol. The van der Waals surface area contributed by atoms with Gasteiger partial charge in [-0.25, -0.2) is 0 Å². The number of methoxy groups -OCH3 is 1. The van der Waals surface area contributed by atoms with E-state index in [0.29, 0.717) is 18.5 Å². The Labute approximate surface area is 141 Å². The molecule has 1 aliphatic rings. The highest BCUT2D eigenvalue weighted by atomic mass is 16.5. The van der Waals surface area contributed by atoms with E-state index < -0.39 is 6.04 Å². The van der Waals surface area contributed by atoms with E-state index in [1.54, 1.807) is 31.2 Å². The third-order valence-corrected chi connectivity index (χ3v) is 4.28. The van der Waals surface area contributed by atoms with Gasteiger partial charge in [0.15, 0.2) is 0 Å². The first-order chi connectivity index (χ1) is 11.6. The quantitative estimate of drug-likeness (QED) is 0.939. The third-order valence-electron chi connectivity index (χ3n) is 4.28. The third kappa shape index (κ3) is 3.25. The number of likely N-dealkylation sites (tertiary alicyclic amines) is 1. The number of carbonyl (C=O) groups excluding carboxylic acids is 2. The zero-order valence-corrected chi connectivity index (χ0v) is 13.8. The Kier molecular flexibility index (Phi) is 4.51. The summed E-state index contributed by atoms with van der Waals surface area (Å²) in [7, 11) is 3.38. The summed E-state index contributed by atoms with van der Waals surface area (Å²) in [6, 6.07) is 14.7. The number of rotatable bonds is 4. The molecule has 1 N–H and O–H groups in total.